The summed E-state index contributed by atoms with van der Waals surface area (Å²) in [7, 11) is 0. The van der Waals surface area contributed by atoms with Crippen LogP contribution in [0.5, 0.6) is 0 Å². The number of nitrogens with zero attached hydrogens (tertiary/aromatic N) is 3. The Kier molecular flexibility index (Phi) is 5.76. The lowest BCUT2D eigenvalue weighted by atomic mass is 10.1. The molecular weight excluding hydrogens is 409 g/mol. The van der Waals surface area contributed by atoms with Gasteiger partial charge in [0.25, 0.3) is 11.5 Å². The van der Waals surface area contributed by atoms with Gasteiger partial charge in [-0.15, -0.1) is 0 Å². The molecule has 0 unspecified atom stereocenters. The van der Waals surface area contributed by atoms with Gasteiger partial charge in [0.1, 0.15) is 11.5 Å². The molecule has 8 heteroatoms. The second-order valence-electron chi connectivity index (χ2n) is 7.26. The maximum Gasteiger partial charge on any atom is 0.294 e. The maximum absolute atomic E-state index is 13.2. The van der Waals surface area contributed by atoms with Gasteiger partial charge in [-0.1, -0.05) is 29.8 Å². The fourth-order valence-corrected chi connectivity index (χ4v) is 3.17. The largest absolute Gasteiger partial charge is 0.317 e. The Bertz CT molecular complexity index is 1340. The van der Waals surface area contributed by atoms with Gasteiger partial charge in [0, 0.05) is 17.3 Å². The van der Waals surface area contributed by atoms with Gasteiger partial charge in [-0.3, -0.25) is 14.7 Å². The molecule has 0 saturated carbocycles. The molecule has 160 valence electrons. The number of carbonyl (C=O) groups excluding carboxylic acids is 1. The van der Waals surface area contributed by atoms with Crippen molar-refractivity contribution in [1.82, 2.24) is 14.9 Å². The van der Waals surface area contributed by atoms with Crippen molar-refractivity contribution in [3.63, 3.8) is 0 Å². The van der Waals surface area contributed by atoms with Crippen LogP contribution in [0.2, 0.25) is 0 Å². The third-order valence-corrected chi connectivity index (χ3v) is 4.96. The Morgan fingerprint density at radius 1 is 1.09 bits per heavy atom. The van der Waals surface area contributed by atoms with Crippen LogP contribution in [-0.4, -0.2) is 27.0 Å². The molecule has 32 heavy (non-hydrogen) atoms. The number of hydrogen-bond donors (Lipinski definition) is 2. The van der Waals surface area contributed by atoms with Gasteiger partial charge in [-0.25, -0.2) is 4.39 Å². The molecule has 0 bridgehead atoms. The first kappa shape index (κ1) is 20.9. The average Bonchev–Trinajstić information content (AvgIpc) is 3.32. The van der Waals surface area contributed by atoms with E-state index in [1.165, 1.54) is 23.0 Å². The Balaban J connectivity index is 1.77. The van der Waals surface area contributed by atoms with E-state index in [-0.39, 0.29) is 11.5 Å². The molecule has 0 aliphatic rings. The van der Waals surface area contributed by atoms with Crippen LogP contribution in [0.15, 0.2) is 76.8 Å². The van der Waals surface area contributed by atoms with Gasteiger partial charge in [0.15, 0.2) is 0 Å². The van der Waals surface area contributed by atoms with Gasteiger partial charge < -0.3 is 5.32 Å². The van der Waals surface area contributed by atoms with E-state index in [1.807, 2.05) is 19.1 Å². The standard InChI is InChI=1S/C24H20FN5O2/c1-15-3-7-18(8-4-15)23(31)28-22-13-20(21-11-12-26-29-21)16(2)30(24(22)32)27-14-17-5-9-19(25)10-6-17/h3-14H,1-2H3,(H,26,29)(H,28,31)/b27-14-. The van der Waals surface area contributed by atoms with Crippen LogP contribution in [0.25, 0.3) is 11.3 Å². The van der Waals surface area contributed by atoms with Crippen molar-refractivity contribution in [2.75, 3.05) is 5.32 Å². The van der Waals surface area contributed by atoms with Crippen LogP contribution in [-0.2, 0) is 0 Å². The van der Waals surface area contributed by atoms with Crippen molar-refractivity contribution >= 4 is 17.8 Å². The summed E-state index contributed by atoms with van der Waals surface area (Å²) in [6.45, 7) is 3.67. The van der Waals surface area contributed by atoms with Gasteiger partial charge >= 0.3 is 0 Å². The number of carbonyl (C=O) groups is 1. The van der Waals surface area contributed by atoms with E-state index in [0.717, 1.165) is 5.56 Å². The van der Waals surface area contributed by atoms with Crippen LogP contribution < -0.4 is 10.9 Å². The number of anilines is 1. The zero-order chi connectivity index (χ0) is 22.7. The lowest BCUT2D eigenvalue weighted by Gasteiger charge is -2.13. The van der Waals surface area contributed by atoms with Crippen LogP contribution in [0.3, 0.4) is 0 Å². The highest BCUT2D eigenvalue weighted by Crippen LogP contribution is 2.23. The van der Waals surface area contributed by atoms with Crippen molar-refractivity contribution < 1.29 is 9.18 Å². The Morgan fingerprint density at radius 3 is 2.47 bits per heavy atom. The van der Waals surface area contributed by atoms with Gasteiger partial charge in [-0.05, 0) is 55.8 Å². The van der Waals surface area contributed by atoms with Crippen LogP contribution in [0, 0.1) is 19.7 Å². The molecule has 1 amide bonds. The number of aryl methyl sites for hydroxylation is 1. The molecular formula is C24H20FN5O2. The minimum Gasteiger partial charge on any atom is -0.317 e. The summed E-state index contributed by atoms with van der Waals surface area (Å²) in [5.74, 6) is -0.770. The lowest BCUT2D eigenvalue weighted by molar-refractivity contribution is 0.102. The third kappa shape index (κ3) is 4.39. The zero-order valence-corrected chi connectivity index (χ0v) is 17.5. The summed E-state index contributed by atoms with van der Waals surface area (Å²) in [5.41, 5.74) is 3.51. The van der Waals surface area contributed by atoms with E-state index in [9.17, 15) is 14.0 Å². The number of hydrogen-bond acceptors (Lipinski definition) is 4. The summed E-state index contributed by atoms with van der Waals surface area (Å²) in [4.78, 5) is 25.9. The van der Waals surface area contributed by atoms with Crippen molar-refractivity contribution in [1.29, 1.82) is 0 Å². The van der Waals surface area contributed by atoms with Crippen molar-refractivity contribution in [3.05, 3.63) is 105 Å². The van der Waals surface area contributed by atoms with Gasteiger partial charge in [0.05, 0.1) is 17.6 Å². The summed E-state index contributed by atoms with van der Waals surface area (Å²) in [6.07, 6.45) is 3.05. The molecule has 2 heterocycles. The summed E-state index contributed by atoms with van der Waals surface area (Å²) < 4.78 is 14.4. The van der Waals surface area contributed by atoms with Gasteiger partial charge in [0.2, 0.25) is 0 Å². The molecule has 0 fully saturated rings. The molecule has 7 nitrogen and oxygen atoms in total. The molecule has 0 saturated heterocycles. The van der Waals surface area contributed by atoms with E-state index >= 15 is 0 Å². The first-order chi connectivity index (χ1) is 15.4. The summed E-state index contributed by atoms with van der Waals surface area (Å²) in [6, 6.07) is 16.1. The fourth-order valence-electron chi connectivity index (χ4n) is 3.17. The number of pyridine rings is 1. The number of halogens is 1. The third-order valence-electron chi connectivity index (χ3n) is 4.96. The minimum absolute atomic E-state index is 0.0713. The lowest BCUT2D eigenvalue weighted by Crippen LogP contribution is -2.26. The monoisotopic (exact) mass is 429 g/mol. The average molecular weight is 429 g/mol. The highest BCUT2D eigenvalue weighted by atomic mass is 19.1. The second-order valence-corrected chi connectivity index (χ2v) is 7.26. The molecule has 2 N–H and O–H groups in total. The molecule has 0 aliphatic heterocycles. The SMILES string of the molecule is Cc1ccc(C(=O)Nc2cc(-c3ccn[nH]3)c(C)n(/N=C\c3ccc(F)cc3)c2=O)cc1. The van der Waals surface area contributed by atoms with E-state index in [1.54, 1.807) is 49.5 Å². The topological polar surface area (TPSA) is 92.1 Å². The molecule has 2 aromatic carbocycles. The number of rotatable bonds is 5. The minimum atomic E-state index is -0.496. The first-order valence-corrected chi connectivity index (χ1v) is 9.87. The Morgan fingerprint density at radius 2 is 1.81 bits per heavy atom. The number of H-pyrrole nitrogens is 1. The number of aromatic nitrogens is 3. The first-order valence-electron chi connectivity index (χ1n) is 9.87. The number of benzene rings is 2. The number of nitrogens with one attached hydrogen (secondary N) is 2. The van der Waals surface area contributed by atoms with Crippen molar-refractivity contribution in [2.24, 2.45) is 5.10 Å². The second kappa shape index (κ2) is 8.81. The van der Waals surface area contributed by atoms with Crippen LogP contribution in [0.1, 0.15) is 27.2 Å². The Hall–Kier alpha value is -4.33. The van der Waals surface area contributed by atoms with Crippen molar-refractivity contribution in [3.8, 4) is 11.3 Å². The van der Waals surface area contributed by atoms with E-state index in [4.69, 9.17) is 0 Å². The predicted octanol–water partition coefficient (Wildman–Crippen LogP) is 4.13. The normalized spacial score (nSPS) is 11.1. The molecule has 0 spiro atoms. The fraction of sp³-hybridized carbons (Fsp3) is 0.0833. The van der Waals surface area contributed by atoms with E-state index in [2.05, 4.69) is 20.6 Å². The molecule has 4 rings (SSSR count). The van der Waals surface area contributed by atoms with Crippen LogP contribution >= 0.6 is 0 Å². The highest BCUT2D eigenvalue weighted by Gasteiger charge is 2.16. The number of amides is 1. The highest BCUT2D eigenvalue weighted by molar-refractivity contribution is 6.04. The Labute approximate surface area is 183 Å². The quantitative estimate of drug-likeness (QED) is 0.467. The predicted molar refractivity (Wildman–Crippen MR) is 122 cm³/mol. The van der Waals surface area contributed by atoms with E-state index < -0.39 is 11.5 Å². The molecule has 4 aromatic rings. The van der Waals surface area contributed by atoms with Crippen molar-refractivity contribution in [2.45, 2.75) is 13.8 Å². The maximum atomic E-state index is 13.2. The van der Waals surface area contributed by atoms with E-state index in [0.29, 0.717) is 28.1 Å². The molecule has 0 radical (unpaired) electrons. The smallest absolute Gasteiger partial charge is 0.294 e. The molecule has 0 atom stereocenters. The molecule has 2 aromatic heterocycles. The zero-order valence-electron chi connectivity index (χ0n) is 17.5. The molecule has 0 aliphatic carbocycles. The number of aromatic amines is 1. The summed E-state index contributed by atoms with van der Waals surface area (Å²) in [5, 5.41) is 13.8. The van der Waals surface area contributed by atoms with Crippen LogP contribution in [0.4, 0.5) is 10.1 Å². The summed E-state index contributed by atoms with van der Waals surface area (Å²) >= 11 is 0. The van der Waals surface area contributed by atoms with Gasteiger partial charge in [-0.2, -0.15) is 14.9 Å².